The van der Waals surface area contributed by atoms with Crippen LogP contribution in [-0.4, -0.2) is 9.97 Å². The van der Waals surface area contributed by atoms with Gasteiger partial charge in [0.1, 0.15) is 5.82 Å². The number of H-pyrrole nitrogens is 1. The van der Waals surface area contributed by atoms with Crippen LogP contribution in [0.2, 0.25) is 0 Å². The molecule has 0 spiro atoms. The van der Waals surface area contributed by atoms with E-state index in [1.54, 1.807) is 0 Å². The van der Waals surface area contributed by atoms with E-state index in [-0.39, 0.29) is 30.9 Å². The molecule has 0 radical (unpaired) electrons. The summed E-state index contributed by atoms with van der Waals surface area (Å²) in [6.07, 6.45) is 0. The number of aryl methyl sites for hydroxylation is 1. The van der Waals surface area contributed by atoms with Gasteiger partial charge in [0.25, 0.3) is 0 Å². The van der Waals surface area contributed by atoms with Gasteiger partial charge in [-0.15, -0.1) is 24.8 Å². The minimum Gasteiger partial charge on any atom is -0.340 e. The van der Waals surface area contributed by atoms with Crippen molar-refractivity contribution < 1.29 is 0 Å². The van der Waals surface area contributed by atoms with Crippen LogP contribution in [0, 0.1) is 6.92 Å². The van der Waals surface area contributed by atoms with Crippen LogP contribution in [0.4, 0.5) is 0 Å². The van der Waals surface area contributed by atoms with Crippen molar-refractivity contribution in [1.82, 2.24) is 9.97 Å². The highest BCUT2D eigenvalue weighted by Gasteiger charge is 2.12. The fraction of sp³-hybridized carbons (Fsp3) is 0.133. The lowest BCUT2D eigenvalue weighted by molar-refractivity contribution is 0.806. The van der Waals surface area contributed by atoms with E-state index in [1.165, 1.54) is 5.56 Å². The number of halogens is 2. The molecular formula is C15H17Cl2N3. The Morgan fingerprint density at radius 1 is 1.05 bits per heavy atom. The van der Waals surface area contributed by atoms with Crippen molar-refractivity contribution in [2.45, 2.75) is 13.0 Å². The summed E-state index contributed by atoms with van der Waals surface area (Å²) in [5.41, 5.74) is 10.5. The molecule has 106 valence electrons. The molecule has 20 heavy (non-hydrogen) atoms. The van der Waals surface area contributed by atoms with E-state index in [9.17, 15) is 0 Å². The monoisotopic (exact) mass is 309 g/mol. The molecule has 0 amide bonds. The zero-order chi connectivity index (χ0) is 12.5. The van der Waals surface area contributed by atoms with Gasteiger partial charge in [0.2, 0.25) is 0 Å². The molecule has 3 rings (SSSR count). The molecule has 3 N–H and O–H groups in total. The molecular weight excluding hydrogens is 293 g/mol. The average Bonchev–Trinajstić information content (AvgIpc) is 2.81. The predicted octanol–water partition coefficient (Wildman–Crippen LogP) is 3.76. The van der Waals surface area contributed by atoms with Crippen molar-refractivity contribution in [1.29, 1.82) is 0 Å². The summed E-state index contributed by atoms with van der Waals surface area (Å²) in [5.74, 6) is 0.807. The number of fused-ring (bicyclic) bond motifs is 1. The second-order valence-corrected chi connectivity index (χ2v) is 4.53. The number of imidazole rings is 1. The van der Waals surface area contributed by atoms with Gasteiger partial charge in [0.15, 0.2) is 0 Å². The standard InChI is InChI=1S/C15H15N3.2ClH/c1-10-7-8-12-13(9-10)18-15(17-12)14(16)11-5-3-2-4-6-11;;/h2-9,14H,16H2,1H3,(H,17,18);2*1H. The van der Waals surface area contributed by atoms with E-state index < -0.39 is 0 Å². The molecule has 3 nitrogen and oxygen atoms in total. The molecule has 2 aromatic carbocycles. The van der Waals surface area contributed by atoms with Gasteiger partial charge in [0.05, 0.1) is 17.1 Å². The predicted molar refractivity (Wildman–Crippen MR) is 87.8 cm³/mol. The Labute approximate surface area is 130 Å². The molecule has 1 heterocycles. The van der Waals surface area contributed by atoms with Gasteiger partial charge in [0, 0.05) is 0 Å². The topological polar surface area (TPSA) is 54.7 Å². The van der Waals surface area contributed by atoms with Crippen LogP contribution in [0.1, 0.15) is 23.0 Å². The Bertz CT molecular complexity index is 680. The molecule has 0 saturated carbocycles. The van der Waals surface area contributed by atoms with Crippen molar-refractivity contribution in [3.8, 4) is 0 Å². The first-order valence-corrected chi connectivity index (χ1v) is 6.01. The highest BCUT2D eigenvalue weighted by atomic mass is 35.5. The zero-order valence-corrected chi connectivity index (χ0v) is 12.7. The highest BCUT2D eigenvalue weighted by Crippen LogP contribution is 2.20. The molecule has 0 aliphatic carbocycles. The van der Waals surface area contributed by atoms with E-state index in [1.807, 2.05) is 36.4 Å². The van der Waals surface area contributed by atoms with Gasteiger partial charge >= 0.3 is 0 Å². The summed E-state index contributed by atoms with van der Waals surface area (Å²) in [5, 5.41) is 0. The molecule has 1 aromatic heterocycles. The lowest BCUT2D eigenvalue weighted by Gasteiger charge is -2.08. The number of rotatable bonds is 2. The maximum Gasteiger partial charge on any atom is 0.128 e. The summed E-state index contributed by atoms with van der Waals surface area (Å²) < 4.78 is 0. The number of benzene rings is 2. The van der Waals surface area contributed by atoms with Crippen LogP contribution in [0.25, 0.3) is 11.0 Å². The minimum atomic E-state index is -0.209. The Balaban J connectivity index is 0.000001000. The lowest BCUT2D eigenvalue weighted by Crippen LogP contribution is -2.13. The maximum atomic E-state index is 6.22. The van der Waals surface area contributed by atoms with E-state index in [0.29, 0.717) is 0 Å². The molecule has 0 aliphatic rings. The zero-order valence-electron chi connectivity index (χ0n) is 11.0. The Morgan fingerprint density at radius 3 is 2.45 bits per heavy atom. The van der Waals surface area contributed by atoms with Gasteiger partial charge in [-0.05, 0) is 30.2 Å². The quantitative estimate of drug-likeness (QED) is 0.757. The fourth-order valence-corrected chi connectivity index (χ4v) is 2.11. The lowest BCUT2D eigenvalue weighted by atomic mass is 10.1. The van der Waals surface area contributed by atoms with Gasteiger partial charge in [-0.1, -0.05) is 36.4 Å². The van der Waals surface area contributed by atoms with Crippen LogP contribution in [-0.2, 0) is 0 Å². The molecule has 0 fully saturated rings. The first-order chi connectivity index (χ1) is 8.74. The summed E-state index contributed by atoms with van der Waals surface area (Å²) in [4.78, 5) is 7.85. The van der Waals surface area contributed by atoms with Crippen molar-refractivity contribution in [2.24, 2.45) is 5.73 Å². The number of hydrogen-bond acceptors (Lipinski definition) is 2. The smallest absolute Gasteiger partial charge is 0.128 e. The number of nitrogens with zero attached hydrogens (tertiary/aromatic N) is 1. The fourth-order valence-electron chi connectivity index (χ4n) is 2.11. The van der Waals surface area contributed by atoms with Crippen molar-refractivity contribution in [3.63, 3.8) is 0 Å². The molecule has 0 aliphatic heterocycles. The molecule has 1 unspecified atom stereocenters. The molecule has 3 aromatic rings. The second kappa shape index (κ2) is 6.75. The van der Waals surface area contributed by atoms with Crippen LogP contribution in [0.15, 0.2) is 48.5 Å². The van der Waals surface area contributed by atoms with Crippen molar-refractivity contribution in [2.75, 3.05) is 0 Å². The first-order valence-electron chi connectivity index (χ1n) is 6.01. The normalized spacial score (nSPS) is 11.5. The third-order valence-electron chi connectivity index (χ3n) is 3.11. The van der Waals surface area contributed by atoms with E-state index in [4.69, 9.17) is 5.73 Å². The van der Waals surface area contributed by atoms with E-state index in [0.717, 1.165) is 22.4 Å². The van der Waals surface area contributed by atoms with Gasteiger partial charge in [-0.3, -0.25) is 0 Å². The summed E-state index contributed by atoms with van der Waals surface area (Å²) in [7, 11) is 0. The number of nitrogens with one attached hydrogen (secondary N) is 1. The first kappa shape index (κ1) is 16.5. The van der Waals surface area contributed by atoms with E-state index >= 15 is 0 Å². The summed E-state index contributed by atoms with van der Waals surface area (Å²) in [6, 6.07) is 15.9. The Hall–Kier alpha value is -1.55. The number of nitrogens with two attached hydrogens (primary N) is 1. The Morgan fingerprint density at radius 2 is 1.75 bits per heavy atom. The van der Waals surface area contributed by atoms with Gasteiger partial charge in [-0.2, -0.15) is 0 Å². The van der Waals surface area contributed by atoms with Crippen molar-refractivity contribution in [3.05, 3.63) is 65.5 Å². The van der Waals surface area contributed by atoms with Crippen LogP contribution in [0.5, 0.6) is 0 Å². The minimum absolute atomic E-state index is 0. The van der Waals surface area contributed by atoms with Crippen molar-refractivity contribution >= 4 is 35.8 Å². The number of aromatic nitrogens is 2. The largest absolute Gasteiger partial charge is 0.340 e. The maximum absolute atomic E-state index is 6.22. The van der Waals surface area contributed by atoms with Gasteiger partial charge in [-0.25, -0.2) is 4.98 Å². The Kier molecular flexibility index (Phi) is 5.57. The summed E-state index contributed by atoms with van der Waals surface area (Å²) in [6.45, 7) is 2.07. The second-order valence-electron chi connectivity index (χ2n) is 4.53. The van der Waals surface area contributed by atoms with Crippen LogP contribution >= 0.6 is 24.8 Å². The average molecular weight is 310 g/mol. The third kappa shape index (κ3) is 3.12. The molecule has 0 saturated heterocycles. The number of hydrogen-bond donors (Lipinski definition) is 2. The summed E-state index contributed by atoms with van der Waals surface area (Å²) >= 11 is 0. The SMILES string of the molecule is Cc1ccc2nc(C(N)c3ccccc3)[nH]c2c1.Cl.Cl. The van der Waals surface area contributed by atoms with Crippen LogP contribution < -0.4 is 5.73 Å². The molecule has 5 heteroatoms. The van der Waals surface area contributed by atoms with Gasteiger partial charge < -0.3 is 10.7 Å². The molecule has 1 atom stereocenters. The number of aromatic amines is 1. The highest BCUT2D eigenvalue weighted by molar-refractivity contribution is 5.85. The van der Waals surface area contributed by atoms with E-state index in [2.05, 4.69) is 29.0 Å². The third-order valence-corrected chi connectivity index (χ3v) is 3.11. The molecule has 0 bridgehead atoms. The van der Waals surface area contributed by atoms with Crippen LogP contribution in [0.3, 0.4) is 0 Å².